The van der Waals surface area contributed by atoms with Crippen LogP contribution in [0.5, 0.6) is 11.5 Å². The lowest BCUT2D eigenvalue weighted by atomic mass is 9.80. The van der Waals surface area contributed by atoms with Crippen LogP contribution in [-0.4, -0.2) is 67.9 Å². The van der Waals surface area contributed by atoms with E-state index in [1.165, 1.54) is 11.3 Å². The molecule has 0 bridgehead atoms. The molecular weight excluding hydrogens is 516 g/mol. The van der Waals surface area contributed by atoms with Crippen molar-refractivity contribution >= 4 is 33.4 Å². The molecule has 1 amide bonds. The minimum atomic E-state index is -1.33. The van der Waals surface area contributed by atoms with Crippen molar-refractivity contribution in [1.82, 2.24) is 10.3 Å². The smallest absolute Gasteiger partial charge is 0.304 e. The maximum absolute atomic E-state index is 13.8. The van der Waals surface area contributed by atoms with Crippen molar-refractivity contribution in [3.8, 4) is 11.5 Å². The Morgan fingerprint density at radius 3 is 2.34 bits per heavy atom. The zero-order valence-electron chi connectivity index (χ0n) is 21.9. The normalized spacial score (nSPS) is 14.4. The fourth-order valence-corrected chi connectivity index (χ4v) is 5.72. The molecular formula is C27H32F2N3O5S+. The molecule has 2 aromatic carbocycles. The van der Waals surface area contributed by atoms with Crippen LogP contribution < -0.4 is 14.8 Å². The largest absolute Gasteiger partial charge is 0.493 e. The summed E-state index contributed by atoms with van der Waals surface area (Å²) in [6, 6.07) is 5.75. The van der Waals surface area contributed by atoms with E-state index in [0.717, 1.165) is 34.3 Å². The number of aromatic nitrogens is 1. The number of hydrogen-bond donors (Lipinski definition) is 2. The van der Waals surface area contributed by atoms with Crippen LogP contribution in [0.4, 0.5) is 8.78 Å². The first kappa shape index (κ1) is 27.7. The molecule has 0 saturated carbocycles. The number of rotatable bonds is 11. The molecule has 0 radical (unpaired) electrons. The number of benzene rings is 2. The Balaban J connectivity index is 1.47. The van der Waals surface area contributed by atoms with E-state index in [1.807, 2.05) is 12.1 Å². The van der Waals surface area contributed by atoms with Gasteiger partial charge < -0.3 is 24.4 Å². The Morgan fingerprint density at radius 1 is 1.11 bits per heavy atom. The fraction of sp³-hybridized carbons (Fsp3) is 0.444. The third-order valence-corrected chi connectivity index (χ3v) is 7.64. The number of fused-ring (bicyclic) bond motifs is 2. The number of thiazole rings is 1. The standard InChI is InChI=1S/C27H31F2N3O5S/c1-32(2,3)6-5-7-37-22-10-20-23(11-21(22)36-4)38-24(31-20)15-30-26(35)27(14-25(33)34)12-16-8-18(28)19(29)9-17(16)13-27/h8-11H,5-7,12-15H2,1-4H3,(H-,30,33,34,35)/p+1. The number of quaternary nitrogens is 1. The highest BCUT2D eigenvalue weighted by Crippen LogP contribution is 2.41. The molecule has 3 aromatic rings. The molecule has 0 fully saturated rings. The maximum atomic E-state index is 13.8. The molecule has 1 heterocycles. The van der Waals surface area contributed by atoms with Gasteiger partial charge in [0.05, 0.1) is 70.0 Å². The summed E-state index contributed by atoms with van der Waals surface area (Å²) in [6.07, 6.45) is 0.454. The summed E-state index contributed by atoms with van der Waals surface area (Å²) < 4.78 is 40.7. The molecule has 0 aliphatic heterocycles. The summed E-state index contributed by atoms with van der Waals surface area (Å²) >= 11 is 1.38. The van der Waals surface area contributed by atoms with Gasteiger partial charge in [0.25, 0.3) is 0 Å². The average Bonchev–Trinajstić information content (AvgIpc) is 3.39. The van der Waals surface area contributed by atoms with Gasteiger partial charge in [-0.15, -0.1) is 11.3 Å². The van der Waals surface area contributed by atoms with Crippen LogP contribution >= 0.6 is 11.3 Å². The first-order valence-electron chi connectivity index (χ1n) is 12.3. The van der Waals surface area contributed by atoms with Gasteiger partial charge in [0.1, 0.15) is 5.01 Å². The third-order valence-electron chi connectivity index (χ3n) is 6.62. The van der Waals surface area contributed by atoms with E-state index >= 15 is 0 Å². The van der Waals surface area contributed by atoms with Gasteiger partial charge in [-0.05, 0) is 36.1 Å². The second-order valence-electron chi connectivity index (χ2n) is 10.7. The average molecular weight is 549 g/mol. The van der Waals surface area contributed by atoms with E-state index in [4.69, 9.17) is 9.47 Å². The molecule has 8 nitrogen and oxygen atoms in total. The second-order valence-corrected chi connectivity index (χ2v) is 11.8. The van der Waals surface area contributed by atoms with E-state index in [9.17, 15) is 23.5 Å². The van der Waals surface area contributed by atoms with Crippen LogP contribution in [0, 0.1) is 17.0 Å². The number of halogens is 2. The third kappa shape index (κ3) is 6.21. The molecule has 0 unspecified atom stereocenters. The van der Waals surface area contributed by atoms with Gasteiger partial charge in [0.2, 0.25) is 5.91 Å². The number of nitrogens with zero attached hydrogens (tertiary/aromatic N) is 2. The highest BCUT2D eigenvalue weighted by atomic mass is 32.1. The lowest BCUT2D eigenvalue weighted by Gasteiger charge is -2.25. The quantitative estimate of drug-likeness (QED) is 0.278. The minimum absolute atomic E-state index is 0.0174. The van der Waals surface area contributed by atoms with Gasteiger partial charge in [0.15, 0.2) is 23.1 Å². The molecule has 204 valence electrons. The van der Waals surface area contributed by atoms with Crippen molar-refractivity contribution in [3.63, 3.8) is 0 Å². The molecule has 0 saturated heterocycles. The van der Waals surface area contributed by atoms with E-state index in [2.05, 4.69) is 31.4 Å². The summed E-state index contributed by atoms with van der Waals surface area (Å²) in [7, 11) is 7.94. The number of nitrogens with one attached hydrogen (secondary N) is 1. The van der Waals surface area contributed by atoms with Crippen molar-refractivity contribution in [3.05, 3.63) is 52.0 Å². The van der Waals surface area contributed by atoms with Gasteiger partial charge in [-0.3, -0.25) is 9.59 Å². The minimum Gasteiger partial charge on any atom is -0.493 e. The first-order chi connectivity index (χ1) is 17.9. The predicted molar refractivity (Wildman–Crippen MR) is 139 cm³/mol. The highest BCUT2D eigenvalue weighted by Gasteiger charge is 2.46. The SMILES string of the molecule is COc1cc2sc(CNC(=O)C3(CC(=O)O)Cc4cc(F)c(F)cc4C3)nc2cc1OCCC[N+](C)(C)C. The Bertz CT molecular complexity index is 1340. The summed E-state index contributed by atoms with van der Waals surface area (Å²) in [6.45, 7) is 1.58. The van der Waals surface area contributed by atoms with Crippen LogP contribution in [0.3, 0.4) is 0 Å². The van der Waals surface area contributed by atoms with Gasteiger partial charge in [-0.25, -0.2) is 13.8 Å². The second kappa shape index (κ2) is 10.8. The van der Waals surface area contributed by atoms with E-state index in [0.29, 0.717) is 39.8 Å². The Kier molecular flexibility index (Phi) is 7.89. The van der Waals surface area contributed by atoms with E-state index in [1.54, 1.807) is 7.11 Å². The lowest BCUT2D eigenvalue weighted by molar-refractivity contribution is -0.870. The van der Waals surface area contributed by atoms with E-state index < -0.39 is 35.3 Å². The van der Waals surface area contributed by atoms with Gasteiger partial charge in [-0.2, -0.15) is 0 Å². The first-order valence-corrected chi connectivity index (χ1v) is 13.1. The Hall–Kier alpha value is -3.31. The Morgan fingerprint density at radius 2 is 1.76 bits per heavy atom. The van der Waals surface area contributed by atoms with Crippen molar-refractivity contribution in [2.45, 2.75) is 32.2 Å². The summed E-state index contributed by atoms with van der Waals surface area (Å²) in [4.78, 5) is 29.5. The molecule has 0 atom stereocenters. The number of aliphatic carboxylic acids is 1. The molecule has 1 aromatic heterocycles. The summed E-state index contributed by atoms with van der Waals surface area (Å²) in [5.74, 6) is -2.50. The van der Waals surface area contributed by atoms with Gasteiger partial charge in [0, 0.05) is 18.6 Å². The van der Waals surface area contributed by atoms with Crippen LogP contribution in [0.15, 0.2) is 24.3 Å². The summed E-state index contributed by atoms with van der Waals surface area (Å²) in [5.41, 5.74) is 0.255. The molecule has 11 heteroatoms. The number of ether oxygens (including phenoxy) is 2. The zero-order valence-corrected chi connectivity index (χ0v) is 22.7. The highest BCUT2D eigenvalue weighted by molar-refractivity contribution is 7.18. The van der Waals surface area contributed by atoms with Crippen LogP contribution in [0.2, 0.25) is 0 Å². The number of amides is 1. The molecule has 2 N–H and O–H groups in total. The predicted octanol–water partition coefficient (Wildman–Crippen LogP) is 3.93. The molecule has 0 spiro atoms. The van der Waals surface area contributed by atoms with Crippen LogP contribution in [-0.2, 0) is 29.0 Å². The van der Waals surface area contributed by atoms with Crippen LogP contribution in [0.1, 0.15) is 29.0 Å². The van der Waals surface area contributed by atoms with E-state index in [-0.39, 0.29) is 19.4 Å². The Labute approximate surface area is 223 Å². The van der Waals surface area contributed by atoms with Gasteiger partial charge >= 0.3 is 5.97 Å². The van der Waals surface area contributed by atoms with Crippen molar-refractivity contribution in [2.75, 3.05) is 41.4 Å². The zero-order chi connectivity index (χ0) is 27.7. The number of carboxylic acid groups (broad SMARTS) is 1. The number of methoxy groups -OCH3 is 1. The lowest BCUT2D eigenvalue weighted by Crippen LogP contribution is -2.43. The van der Waals surface area contributed by atoms with Crippen molar-refractivity contribution < 1.29 is 37.4 Å². The van der Waals surface area contributed by atoms with Crippen molar-refractivity contribution in [1.29, 1.82) is 0 Å². The summed E-state index contributed by atoms with van der Waals surface area (Å²) in [5, 5.41) is 12.9. The monoisotopic (exact) mass is 548 g/mol. The number of hydrogen-bond acceptors (Lipinski definition) is 6. The number of carboxylic acids is 1. The molecule has 1 aliphatic rings. The fourth-order valence-electron chi connectivity index (χ4n) is 4.80. The molecule has 38 heavy (non-hydrogen) atoms. The van der Waals surface area contributed by atoms with Crippen LogP contribution in [0.25, 0.3) is 10.2 Å². The van der Waals surface area contributed by atoms with Gasteiger partial charge in [-0.1, -0.05) is 0 Å². The number of carbonyl (C=O) groups is 2. The topological polar surface area (TPSA) is 97.8 Å². The maximum Gasteiger partial charge on any atom is 0.304 e. The molecule has 1 aliphatic carbocycles. The number of carbonyl (C=O) groups excluding carboxylic acids is 1. The molecule has 4 rings (SSSR count). The van der Waals surface area contributed by atoms with Crippen molar-refractivity contribution in [2.24, 2.45) is 5.41 Å².